The van der Waals surface area contributed by atoms with Crippen LogP contribution in [0.3, 0.4) is 0 Å². The van der Waals surface area contributed by atoms with Gasteiger partial charge in [0, 0.05) is 12.8 Å². The molecule has 0 saturated carbocycles. The van der Waals surface area contributed by atoms with Crippen molar-refractivity contribution in [3.8, 4) is 11.8 Å². The van der Waals surface area contributed by atoms with Crippen LogP contribution < -0.4 is 0 Å². The van der Waals surface area contributed by atoms with E-state index in [1.165, 1.54) is 12.8 Å². The van der Waals surface area contributed by atoms with Crippen molar-refractivity contribution in [2.24, 2.45) is 0 Å². The molecule has 0 radical (unpaired) electrons. The number of rotatable bonds is 7. The van der Waals surface area contributed by atoms with Gasteiger partial charge in [0.15, 0.2) is 0 Å². The number of aliphatic hydroxyl groups is 2. The van der Waals surface area contributed by atoms with Gasteiger partial charge in [0.05, 0.1) is 12.7 Å². The lowest BCUT2D eigenvalue weighted by molar-refractivity contribution is 0.229. The van der Waals surface area contributed by atoms with Gasteiger partial charge in [0.1, 0.15) is 0 Å². The van der Waals surface area contributed by atoms with E-state index in [0.29, 0.717) is 6.42 Å². The highest BCUT2D eigenvalue weighted by Crippen LogP contribution is 1.98. The predicted octanol–water partition coefficient (Wildman–Crippen LogP) is 2.43. The van der Waals surface area contributed by atoms with Crippen molar-refractivity contribution in [2.45, 2.75) is 45.1 Å². The summed E-state index contributed by atoms with van der Waals surface area (Å²) in [6.07, 6.45) is 11.2. The van der Waals surface area contributed by atoms with E-state index in [9.17, 15) is 5.11 Å². The zero-order chi connectivity index (χ0) is 12.1. The molecule has 0 bridgehead atoms. The van der Waals surface area contributed by atoms with Gasteiger partial charge in [-0.3, -0.25) is 0 Å². The van der Waals surface area contributed by atoms with Gasteiger partial charge in [-0.15, -0.1) is 11.8 Å². The molecule has 0 fully saturated rings. The Kier molecular flexibility index (Phi) is 11.2. The normalized spacial score (nSPS) is 12.9. The molecule has 0 amide bonds. The van der Waals surface area contributed by atoms with Gasteiger partial charge in [-0.25, -0.2) is 0 Å². The average Bonchev–Trinajstić information content (AvgIpc) is 2.29. The van der Waals surface area contributed by atoms with Gasteiger partial charge in [-0.1, -0.05) is 44.1 Å². The van der Waals surface area contributed by atoms with Crippen LogP contribution in [0.1, 0.15) is 39.0 Å². The highest BCUT2D eigenvalue weighted by Gasteiger charge is 1.92. The second-order valence-electron chi connectivity index (χ2n) is 3.58. The molecule has 0 saturated heterocycles. The minimum absolute atomic E-state index is 0.0255. The number of aliphatic hydroxyl groups excluding tert-OH is 2. The summed E-state index contributed by atoms with van der Waals surface area (Å²) in [6, 6.07) is 0. The Morgan fingerprint density at radius 2 is 2.00 bits per heavy atom. The zero-order valence-corrected chi connectivity index (χ0v) is 10.0. The second kappa shape index (κ2) is 12.0. The van der Waals surface area contributed by atoms with Crippen molar-refractivity contribution in [3.05, 3.63) is 24.3 Å². The van der Waals surface area contributed by atoms with Gasteiger partial charge < -0.3 is 10.2 Å². The van der Waals surface area contributed by atoms with Crippen LogP contribution in [0.2, 0.25) is 0 Å². The van der Waals surface area contributed by atoms with Crippen molar-refractivity contribution in [2.75, 3.05) is 6.61 Å². The summed E-state index contributed by atoms with van der Waals surface area (Å²) in [4.78, 5) is 0. The Balaban J connectivity index is 3.59. The Morgan fingerprint density at radius 1 is 1.19 bits per heavy atom. The molecule has 2 heteroatoms. The fraction of sp³-hybridized carbons (Fsp3) is 0.571. The molecule has 0 aliphatic carbocycles. The Morgan fingerprint density at radius 3 is 2.69 bits per heavy atom. The summed E-state index contributed by atoms with van der Waals surface area (Å²) in [5.41, 5.74) is 0. The standard InChI is InChI=1S/C14H22O2/c1-2-3-4-5-6-8-11-14(16)12-9-7-10-13-15/h7,9-10,12,14-16H,2-5,11,13H2,1H3/b10-7-,12-9+. The van der Waals surface area contributed by atoms with Crippen molar-refractivity contribution in [1.29, 1.82) is 0 Å². The van der Waals surface area contributed by atoms with Crippen molar-refractivity contribution < 1.29 is 10.2 Å². The number of allylic oxidation sites excluding steroid dienone is 2. The first-order chi connectivity index (χ1) is 7.81. The van der Waals surface area contributed by atoms with Crippen molar-refractivity contribution >= 4 is 0 Å². The van der Waals surface area contributed by atoms with Gasteiger partial charge in [0.25, 0.3) is 0 Å². The summed E-state index contributed by atoms with van der Waals surface area (Å²) < 4.78 is 0. The molecule has 16 heavy (non-hydrogen) atoms. The second-order valence-corrected chi connectivity index (χ2v) is 3.58. The molecule has 0 rings (SSSR count). The Bertz CT molecular complexity index is 256. The third kappa shape index (κ3) is 11.0. The zero-order valence-electron chi connectivity index (χ0n) is 10.0. The first-order valence-electron chi connectivity index (χ1n) is 5.89. The van der Waals surface area contributed by atoms with Crippen LogP contribution in [0.25, 0.3) is 0 Å². The van der Waals surface area contributed by atoms with Crippen LogP contribution in [0.4, 0.5) is 0 Å². The summed E-state index contributed by atoms with van der Waals surface area (Å²) in [6.45, 7) is 2.19. The summed E-state index contributed by atoms with van der Waals surface area (Å²) in [7, 11) is 0. The minimum Gasteiger partial charge on any atom is -0.392 e. The van der Waals surface area contributed by atoms with Gasteiger partial charge in [-0.05, 0) is 6.42 Å². The highest BCUT2D eigenvalue weighted by molar-refractivity contribution is 5.08. The molecule has 2 nitrogen and oxygen atoms in total. The number of unbranched alkanes of at least 4 members (excludes halogenated alkanes) is 3. The Labute approximate surface area is 98.7 Å². The summed E-state index contributed by atoms with van der Waals surface area (Å²) in [5, 5.41) is 17.9. The molecule has 0 aliphatic rings. The van der Waals surface area contributed by atoms with Crippen molar-refractivity contribution in [1.82, 2.24) is 0 Å². The van der Waals surface area contributed by atoms with Gasteiger partial charge in [-0.2, -0.15) is 0 Å². The van der Waals surface area contributed by atoms with Crippen LogP contribution in [0, 0.1) is 11.8 Å². The third-order valence-electron chi connectivity index (χ3n) is 2.03. The lowest BCUT2D eigenvalue weighted by Crippen LogP contribution is -1.99. The maximum Gasteiger partial charge on any atom is 0.0833 e. The summed E-state index contributed by atoms with van der Waals surface area (Å²) >= 11 is 0. The minimum atomic E-state index is -0.512. The van der Waals surface area contributed by atoms with E-state index in [1.54, 1.807) is 24.3 Å². The largest absolute Gasteiger partial charge is 0.392 e. The molecule has 2 N–H and O–H groups in total. The van der Waals surface area contributed by atoms with E-state index < -0.39 is 6.10 Å². The van der Waals surface area contributed by atoms with E-state index in [-0.39, 0.29) is 6.61 Å². The molecule has 0 aromatic heterocycles. The lowest BCUT2D eigenvalue weighted by atomic mass is 10.2. The number of hydrogen-bond donors (Lipinski definition) is 2. The van der Waals surface area contributed by atoms with Crippen LogP contribution in [-0.4, -0.2) is 22.9 Å². The molecule has 0 spiro atoms. The van der Waals surface area contributed by atoms with Gasteiger partial charge in [0.2, 0.25) is 0 Å². The maximum absolute atomic E-state index is 9.47. The van der Waals surface area contributed by atoms with E-state index in [4.69, 9.17) is 5.11 Å². The molecular weight excluding hydrogens is 200 g/mol. The van der Waals surface area contributed by atoms with E-state index in [2.05, 4.69) is 18.8 Å². The van der Waals surface area contributed by atoms with Crippen molar-refractivity contribution in [3.63, 3.8) is 0 Å². The van der Waals surface area contributed by atoms with E-state index in [0.717, 1.165) is 12.8 Å². The topological polar surface area (TPSA) is 40.5 Å². The monoisotopic (exact) mass is 222 g/mol. The van der Waals surface area contributed by atoms with Crippen LogP contribution in [0.5, 0.6) is 0 Å². The van der Waals surface area contributed by atoms with Crippen LogP contribution >= 0.6 is 0 Å². The molecule has 1 unspecified atom stereocenters. The highest BCUT2D eigenvalue weighted by atomic mass is 16.3. The smallest absolute Gasteiger partial charge is 0.0833 e. The fourth-order valence-electron chi connectivity index (χ4n) is 1.13. The molecule has 90 valence electrons. The predicted molar refractivity (Wildman–Crippen MR) is 67.9 cm³/mol. The van der Waals surface area contributed by atoms with E-state index >= 15 is 0 Å². The molecule has 0 aromatic carbocycles. The molecule has 0 aromatic rings. The maximum atomic E-state index is 9.47. The molecular formula is C14H22O2. The first-order valence-corrected chi connectivity index (χ1v) is 5.89. The van der Waals surface area contributed by atoms with Crippen LogP contribution in [0.15, 0.2) is 24.3 Å². The summed E-state index contributed by atoms with van der Waals surface area (Å²) in [5.74, 6) is 6.01. The van der Waals surface area contributed by atoms with Crippen LogP contribution in [-0.2, 0) is 0 Å². The van der Waals surface area contributed by atoms with Gasteiger partial charge >= 0.3 is 0 Å². The first kappa shape index (κ1) is 15.0. The third-order valence-corrected chi connectivity index (χ3v) is 2.03. The Hall–Kier alpha value is -1.04. The molecule has 0 aliphatic heterocycles. The lowest BCUT2D eigenvalue weighted by Gasteiger charge is -1.96. The fourth-order valence-corrected chi connectivity index (χ4v) is 1.13. The molecule has 1 atom stereocenters. The average molecular weight is 222 g/mol. The van der Waals surface area contributed by atoms with E-state index in [1.807, 2.05) is 0 Å². The molecule has 0 heterocycles. The number of hydrogen-bond acceptors (Lipinski definition) is 2. The SMILES string of the molecule is CCCCCC#CCC(O)/C=C/C=C\CO. The quantitative estimate of drug-likeness (QED) is 0.394.